The second kappa shape index (κ2) is 5.40. The van der Waals surface area contributed by atoms with Gasteiger partial charge in [0.05, 0.1) is 6.42 Å². The van der Waals surface area contributed by atoms with E-state index in [4.69, 9.17) is 5.73 Å². The highest BCUT2D eigenvalue weighted by atomic mass is 16.2. The maximum atomic E-state index is 11.8. The van der Waals surface area contributed by atoms with Crippen LogP contribution in [-0.4, -0.2) is 29.8 Å². The van der Waals surface area contributed by atoms with Gasteiger partial charge in [0.1, 0.15) is 0 Å². The van der Waals surface area contributed by atoms with E-state index in [9.17, 15) is 9.59 Å². The number of rotatable bonds is 4. The number of hydrogen-bond acceptors (Lipinski definition) is 3. The molecule has 1 aromatic rings. The fourth-order valence-electron chi connectivity index (χ4n) is 2.17. The van der Waals surface area contributed by atoms with Gasteiger partial charge in [-0.3, -0.25) is 9.59 Å². The Labute approximate surface area is 112 Å². The molecule has 19 heavy (non-hydrogen) atoms. The van der Waals surface area contributed by atoms with Crippen molar-refractivity contribution in [1.82, 2.24) is 4.90 Å². The van der Waals surface area contributed by atoms with E-state index >= 15 is 0 Å². The number of fused-ring (bicyclic) bond motifs is 1. The number of carbonyl (C=O) groups excluding carboxylic acids is 2. The van der Waals surface area contributed by atoms with Crippen molar-refractivity contribution in [2.24, 2.45) is 5.73 Å². The molecule has 5 heteroatoms. The summed E-state index contributed by atoms with van der Waals surface area (Å²) in [6, 6.07) is 5.67. The summed E-state index contributed by atoms with van der Waals surface area (Å²) in [7, 11) is 1.77. The van der Waals surface area contributed by atoms with Gasteiger partial charge in [-0.25, -0.2) is 0 Å². The minimum Gasteiger partial charge on any atom is -0.341 e. The van der Waals surface area contributed by atoms with Crippen LogP contribution in [0.15, 0.2) is 18.2 Å². The minimum atomic E-state index is -0.128. The van der Waals surface area contributed by atoms with E-state index in [-0.39, 0.29) is 17.9 Å². The van der Waals surface area contributed by atoms with Gasteiger partial charge < -0.3 is 16.0 Å². The van der Waals surface area contributed by atoms with Crippen molar-refractivity contribution in [3.8, 4) is 0 Å². The summed E-state index contributed by atoms with van der Waals surface area (Å²) < 4.78 is 0. The molecule has 1 aromatic carbocycles. The third kappa shape index (κ3) is 3.32. The molecule has 1 aliphatic heterocycles. The summed E-state index contributed by atoms with van der Waals surface area (Å²) in [6.45, 7) is 2.35. The van der Waals surface area contributed by atoms with Crippen LogP contribution in [0.25, 0.3) is 0 Å². The van der Waals surface area contributed by atoms with Crippen molar-refractivity contribution in [2.45, 2.75) is 32.4 Å². The van der Waals surface area contributed by atoms with Crippen LogP contribution in [0, 0.1) is 0 Å². The van der Waals surface area contributed by atoms with Gasteiger partial charge in [-0.2, -0.15) is 0 Å². The van der Waals surface area contributed by atoms with Gasteiger partial charge in [0.2, 0.25) is 11.8 Å². The number of anilines is 1. The van der Waals surface area contributed by atoms with E-state index in [0.29, 0.717) is 19.4 Å². The predicted octanol–water partition coefficient (Wildman–Crippen LogP) is 0.877. The first kappa shape index (κ1) is 13.5. The average molecular weight is 261 g/mol. The molecule has 0 aliphatic carbocycles. The predicted molar refractivity (Wildman–Crippen MR) is 73.5 cm³/mol. The molecular formula is C14H19N3O2. The monoisotopic (exact) mass is 261 g/mol. The normalized spacial score (nSPS) is 14.8. The average Bonchev–Trinajstić information content (AvgIpc) is 2.67. The summed E-state index contributed by atoms with van der Waals surface area (Å²) in [6.07, 6.45) is 0.766. The van der Waals surface area contributed by atoms with E-state index in [0.717, 1.165) is 16.8 Å². The molecule has 2 rings (SSSR count). The Morgan fingerprint density at radius 2 is 2.26 bits per heavy atom. The standard InChI is InChI=1S/C14H19N3O2/c1-9(15)5-14(19)17(2)8-10-3-4-12-11(6-10)7-13(18)16-12/h3-4,6,9H,5,7-8,15H2,1-2H3,(H,16,18). The molecule has 0 aromatic heterocycles. The van der Waals surface area contributed by atoms with Crippen molar-refractivity contribution in [2.75, 3.05) is 12.4 Å². The van der Waals surface area contributed by atoms with Gasteiger partial charge in [0.25, 0.3) is 0 Å². The summed E-state index contributed by atoms with van der Waals surface area (Å²) in [5, 5.41) is 2.79. The largest absolute Gasteiger partial charge is 0.341 e. The van der Waals surface area contributed by atoms with Crippen LogP contribution in [-0.2, 0) is 22.6 Å². The van der Waals surface area contributed by atoms with Gasteiger partial charge in [-0.15, -0.1) is 0 Å². The molecule has 1 aliphatic rings. The quantitative estimate of drug-likeness (QED) is 0.844. The van der Waals surface area contributed by atoms with Crippen LogP contribution in [0.4, 0.5) is 5.69 Å². The zero-order chi connectivity index (χ0) is 14.0. The molecule has 0 saturated heterocycles. The third-order valence-corrected chi connectivity index (χ3v) is 3.14. The lowest BCUT2D eigenvalue weighted by Gasteiger charge is -2.18. The van der Waals surface area contributed by atoms with Crippen LogP contribution in [0.2, 0.25) is 0 Å². The molecule has 1 atom stereocenters. The van der Waals surface area contributed by atoms with Crippen molar-refractivity contribution in [3.63, 3.8) is 0 Å². The van der Waals surface area contributed by atoms with Crippen molar-refractivity contribution in [1.29, 1.82) is 0 Å². The first-order valence-electron chi connectivity index (χ1n) is 6.37. The Kier molecular flexibility index (Phi) is 3.85. The van der Waals surface area contributed by atoms with E-state index in [1.54, 1.807) is 11.9 Å². The van der Waals surface area contributed by atoms with Crippen LogP contribution in [0.3, 0.4) is 0 Å². The lowest BCUT2D eigenvalue weighted by Crippen LogP contribution is -2.31. The molecule has 2 amide bonds. The van der Waals surface area contributed by atoms with Crippen LogP contribution < -0.4 is 11.1 Å². The summed E-state index contributed by atoms with van der Waals surface area (Å²) in [5.74, 6) is 0.0539. The maximum Gasteiger partial charge on any atom is 0.228 e. The number of hydrogen-bond donors (Lipinski definition) is 2. The highest BCUT2D eigenvalue weighted by Crippen LogP contribution is 2.24. The SMILES string of the molecule is CC(N)CC(=O)N(C)Cc1ccc2c(c1)CC(=O)N2. The molecule has 0 radical (unpaired) electrons. The second-order valence-corrected chi connectivity index (χ2v) is 5.15. The Morgan fingerprint density at radius 3 is 2.95 bits per heavy atom. The smallest absolute Gasteiger partial charge is 0.228 e. The Bertz CT molecular complexity index is 511. The lowest BCUT2D eigenvalue weighted by molar-refractivity contribution is -0.130. The first-order chi connectivity index (χ1) is 8.95. The fraction of sp³-hybridized carbons (Fsp3) is 0.429. The summed E-state index contributed by atoms with van der Waals surface area (Å²) in [5.41, 5.74) is 8.51. The Morgan fingerprint density at radius 1 is 1.53 bits per heavy atom. The molecule has 102 valence electrons. The molecule has 0 saturated carbocycles. The molecule has 0 fully saturated rings. The number of carbonyl (C=O) groups is 2. The van der Waals surface area contributed by atoms with Gasteiger partial charge >= 0.3 is 0 Å². The minimum absolute atomic E-state index is 0.0218. The number of nitrogens with two attached hydrogens (primary N) is 1. The van der Waals surface area contributed by atoms with Gasteiger partial charge in [0, 0.05) is 31.7 Å². The second-order valence-electron chi connectivity index (χ2n) is 5.15. The maximum absolute atomic E-state index is 11.8. The highest BCUT2D eigenvalue weighted by molar-refractivity contribution is 5.99. The third-order valence-electron chi connectivity index (χ3n) is 3.14. The molecule has 0 bridgehead atoms. The molecule has 0 spiro atoms. The highest BCUT2D eigenvalue weighted by Gasteiger charge is 2.18. The number of benzene rings is 1. The first-order valence-corrected chi connectivity index (χ1v) is 6.37. The van der Waals surface area contributed by atoms with Crippen LogP contribution >= 0.6 is 0 Å². The summed E-state index contributed by atoms with van der Waals surface area (Å²) in [4.78, 5) is 24.8. The van der Waals surface area contributed by atoms with Gasteiger partial charge in [0.15, 0.2) is 0 Å². The Balaban J connectivity index is 2.02. The molecule has 1 unspecified atom stereocenters. The van der Waals surface area contributed by atoms with Crippen LogP contribution in [0.1, 0.15) is 24.5 Å². The van der Waals surface area contributed by atoms with Crippen molar-refractivity contribution in [3.05, 3.63) is 29.3 Å². The topological polar surface area (TPSA) is 75.4 Å². The molecule has 5 nitrogen and oxygen atoms in total. The van der Waals surface area contributed by atoms with E-state index in [1.165, 1.54) is 0 Å². The summed E-state index contributed by atoms with van der Waals surface area (Å²) >= 11 is 0. The molecule has 3 N–H and O–H groups in total. The van der Waals surface area contributed by atoms with E-state index in [2.05, 4.69) is 5.32 Å². The van der Waals surface area contributed by atoms with E-state index in [1.807, 2.05) is 25.1 Å². The van der Waals surface area contributed by atoms with E-state index < -0.39 is 0 Å². The van der Waals surface area contributed by atoms with Gasteiger partial charge in [-0.1, -0.05) is 12.1 Å². The number of nitrogens with one attached hydrogen (secondary N) is 1. The number of nitrogens with zero attached hydrogens (tertiary/aromatic N) is 1. The zero-order valence-corrected chi connectivity index (χ0v) is 11.3. The van der Waals surface area contributed by atoms with Gasteiger partial charge in [-0.05, 0) is 24.1 Å². The Hall–Kier alpha value is -1.88. The number of amides is 2. The fourth-order valence-corrected chi connectivity index (χ4v) is 2.17. The molecule has 1 heterocycles. The molecular weight excluding hydrogens is 242 g/mol. The zero-order valence-electron chi connectivity index (χ0n) is 11.3. The lowest BCUT2D eigenvalue weighted by atomic mass is 10.1. The van der Waals surface area contributed by atoms with Crippen LogP contribution in [0.5, 0.6) is 0 Å². The van der Waals surface area contributed by atoms with Crippen molar-refractivity contribution >= 4 is 17.5 Å². The van der Waals surface area contributed by atoms with Crippen molar-refractivity contribution < 1.29 is 9.59 Å².